The molecule has 1 atom stereocenters. The topological polar surface area (TPSA) is 67.4 Å². The normalized spacial score (nSPS) is 24.2. The maximum Gasteiger partial charge on any atom is 0.216 e. The van der Waals surface area contributed by atoms with E-state index in [4.69, 9.17) is 4.74 Å². The van der Waals surface area contributed by atoms with E-state index >= 15 is 0 Å². The number of nitrogens with zero attached hydrogens (tertiary/aromatic N) is 3. The lowest BCUT2D eigenvalue weighted by Crippen LogP contribution is -2.45. The minimum atomic E-state index is 0.00661. The first-order valence-electron chi connectivity index (χ1n) is 7.60. The fourth-order valence-corrected chi connectivity index (χ4v) is 3.28. The van der Waals surface area contributed by atoms with Gasteiger partial charge in [0.1, 0.15) is 12.1 Å². The molecule has 3 heterocycles. The number of amides is 1. The molecule has 6 heteroatoms. The number of hydrogen-bond donors (Lipinski definition) is 1. The van der Waals surface area contributed by atoms with Crippen molar-refractivity contribution in [2.24, 2.45) is 0 Å². The van der Waals surface area contributed by atoms with E-state index in [1.165, 1.54) is 0 Å². The minimum Gasteiger partial charge on any atom is -0.370 e. The molecule has 0 aliphatic carbocycles. The molecule has 6 nitrogen and oxygen atoms in total. The molecule has 1 N–H and O–H groups in total. The molecule has 0 saturated carbocycles. The van der Waals surface area contributed by atoms with E-state index in [2.05, 4.69) is 20.2 Å². The Morgan fingerprint density at radius 2 is 2.29 bits per heavy atom. The Kier molecular flexibility index (Phi) is 4.05. The molecule has 0 bridgehead atoms. The van der Waals surface area contributed by atoms with Crippen LogP contribution < -0.4 is 10.2 Å². The first kappa shape index (κ1) is 14.3. The average molecular weight is 290 g/mol. The molecule has 21 heavy (non-hydrogen) atoms. The summed E-state index contributed by atoms with van der Waals surface area (Å²) in [5.74, 6) is 1.01. The molecule has 2 fully saturated rings. The summed E-state index contributed by atoms with van der Waals surface area (Å²) in [7, 11) is 0. The molecule has 2 aliphatic rings. The molecule has 1 aromatic rings. The van der Waals surface area contributed by atoms with Crippen LogP contribution >= 0.6 is 0 Å². The second-order valence-electron chi connectivity index (χ2n) is 5.95. The summed E-state index contributed by atoms with van der Waals surface area (Å²) in [5, 5.41) is 2.85. The van der Waals surface area contributed by atoms with Gasteiger partial charge in [-0.1, -0.05) is 0 Å². The van der Waals surface area contributed by atoms with Crippen LogP contribution in [0.2, 0.25) is 0 Å². The molecule has 2 saturated heterocycles. The third-order valence-electron chi connectivity index (χ3n) is 4.48. The molecule has 1 spiro atoms. The standard InChI is InChI=1S/C15H22N4O2/c1-12(20)17-10-13-2-4-15(21-13)5-8-19(9-6-15)14-3-7-16-11-18-14/h3,7,11,13H,2,4-6,8-10H2,1H3,(H,17,20)/t13-/m1/s1. The number of hydrogen-bond acceptors (Lipinski definition) is 5. The van der Waals surface area contributed by atoms with E-state index in [0.717, 1.165) is 44.6 Å². The summed E-state index contributed by atoms with van der Waals surface area (Å²) in [6, 6.07) is 1.95. The van der Waals surface area contributed by atoms with Crippen LogP contribution in [-0.2, 0) is 9.53 Å². The summed E-state index contributed by atoms with van der Waals surface area (Å²) in [5.41, 5.74) is 0.00661. The van der Waals surface area contributed by atoms with Gasteiger partial charge < -0.3 is 15.0 Å². The Hall–Kier alpha value is -1.69. The fourth-order valence-electron chi connectivity index (χ4n) is 3.28. The zero-order valence-electron chi connectivity index (χ0n) is 12.4. The second kappa shape index (κ2) is 5.97. The fraction of sp³-hybridized carbons (Fsp3) is 0.667. The lowest BCUT2D eigenvalue weighted by Gasteiger charge is -2.39. The van der Waals surface area contributed by atoms with Crippen molar-refractivity contribution in [1.29, 1.82) is 0 Å². The van der Waals surface area contributed by atoms with Gasteiger partial charge in [-0.05, 0) is 31.7 Å². The highest BCUT2D eigenvalue weighted by molar-refractivity contribution is 5.72. The molecule has 1 aromatic heterocycles. The Morgan fingerprint density at radius 3 is 2.95 bits per heavy atom. The molecule has 0 radical (unpaired) electrons. The first-order chi connectivity index (χ1) is 10.2. The highest BCUT2D eigenvalue weighted by Crippen LogP contribution is 2.39. The maximum absolute atomic E-state index is 11.0. The number of anilines is 1. The van der Waals surface area contributed by atoms with Crippen molar-refractivity contribution >= 4 is 11.7 Å². The molecule has 0 unspecified atom stereocenters. The van der Waals surface area contributed by atoms with E-state index in [1.54, 1.807) is 19.4 Å². The van der Waals surface area contributed by atoms with Gasteiger partial charge in [0.25, 0.3) is 0 Å². The Labute approximate surface area is 124 Å². The largest absolute Gasteiger partial charge is 0.370 e. The van der Waals surface area contributed by atoms with Crippen molar-refractivity contribution in [3.8, 4) is 0 Å². The maximum atomic E-state index is 11.0. The summed E-state index contributed by atoms with van der Waals surface area (Å²) in [6.45, 7) is 4.10. The van der Waals surface area contributed by atoms with Crippen LogP contribution in [0.25, 0.3) is 0 Å². The summed E-state index contributed by atoms with van der Waals surface area (Å²) >= 11 is 0. The van der Waals surface area contributed by atoms with Crippen molar-refractivity contribution in [2.75, 3.05) is 24.5 Å². The van der Waals surface area contributed by atoms with Crippen LogP contribution in [0.3, 0.4) is 0 Å². The first-order valence-corrected chi connectivity index (χ1v) is 7.60. The van der Waals surface area contributed by atoms with E-state index < -0.39 is 0 Å². The molecule has 2 aliphatic heterocycles. The predicted molar refractivity (Wildman–Crippen MR) is 79.0 cm³/mol. The van der Waals surface area contributed by atoms with Crippen LogP contribution in [-0.4, -0.2) is 47.2 Å². The van der Waals surface area contributed by atoms with Gasteiger partial charge in [0, 0.05) is 32.8 Å². The van der Waals surface area contributed by atoms with Crippen molar-refractivity contribution in [3.05, 3.63) is 18.6 Å². The summed E-state index contributed by atoms with van der Waals surface area (Å²) in [6.07, 6.45) is 7.71. The van der Waals surface area contributed by atoms with Crippen molar-refractivity contribution < 1.29 is 9.53 Å². The van der Waals surface area contributed by atoms with E-state index in [-0.39, 0.29) is 17.6 Å². The summed E-state index contributed by atoms with van der Waals surface area (Å²) in [4.78, 5) is 21.5. The number of rotatable bonds is 3. The highest BCUT2D eigenvalue weighted by atomic mass is 16.5. The smallest absolute Gasteiger partial charge is 0.216 e. The van der Waals surface area contributed by atoms with Gasteiger partial charge in [-0.2, -0.15) is 0 Å². The van der Waals surface area contributed by atoms with Crippen LogP contribution in [0.4, 0.5) is 5.82 Å². The number of carbonyl (C=O) groups excluding carboxylic acids is 1. The lowest BCUT2D eigenvalue weighted by atomic mass is 9.88. The predicted octanol–water partition coefficient (Wildman–Crippen LogP) is 1.13. The molecule has 114 valence electrons. The third kappa shape index (κ3) is 3.32. The minimum absolute atomic E-state index is 0.00661. The van der Waals surface area contributed by atoms with E-state index in [0.29, 0.717) is 6.54 Å². The van der Waals surface area contributed by atoms with Gasteiger partial charge >= 0.3 is 0 Å². The van der Waals surface area contributed by atoms with E-state index in [9.17, 15) is 4.79 Å². The number of nitrogens with one attached hydrogen (secondary N) is 1. The van der Waals surface area contributed by atoms with Crippen molar-refractivity contribution in [3.63, 3.8) is 0 Å². The molecule has 1 amide bonds. The van der Waals surface area contributed by atoms with Gasteiger partial charge in [-0.15, -0.1) is 0 Å². The molecular weight excluding hydrogens is 268 g/mol. The summed E-state index contributed by atoms with van der Waals surface area (Å²) < 4.78 is 6.25. The van der Waals surface area contributed by atoms with Gasteiger partial charge in [0.15, 0.2) is 0 Å². The highest BCUT2D eigenvalue weighted by Gasteiger charge is 2.42. The van der Waals surface area contributed by atoms with Gasteiger partial charge in [-0.3, -0.25) is 4.79 Å². The number of aromatic nitrogens is 2. The lowest BCUT2D eigenvalue weighted by molar-refractivity contribution is -0.120. The molecule has 0 aromatic carbocycles. The quantitative estimate of drug-likeness (QED) is 0.904. The van der Waals surface area contributed by atoms with Crippen LogP contribution in [0, 0.1) is 0 Å². The van der Waals surface area contributed by atoms with Crippen molar-refractivity contribution in [1.82, 2.24) is 15.3 Å². The van der Waals surface area contributed by atoms with Gasteiger partial charge in [0.05, 0.1) is 11.7 Å². The van der Waals surface area contributed by atoms with Gasteiger partial charge in [0.2, 0.25) is 5.91 Å². The molecule has 3 rings (SSSR count). The van der Waals surface area contributed by atoms with Gasteiger partial charge in [-0.25, -0.2) is 9.97 Å². The van der Waals surface area contributed by atoms with Crippen LogP contribution in [0.1, 0.15) is 32.6 Å². The average Bonchev–Trinajstić information content (AvgIpc) is 2.90. The second-order valence-corrected chi connectivity index (χ2v) is 5.95. The number of carbonyl (C=O) groups is 1. The number of piperidine rings is 1. The zero-order chi connectivity index (χ0) is 14.7. The van der Waals surface area contributed by atoms with Crippen molar-refractivity contribution in [2.45, 2.75) is 44.3 Å². The number of ether oxygens (including phenoxy) is 1. The van der Waals surface area contributed by atoms with E-state index in [1.807, 2.05) is 6.07 Å². The molecular formula is C15H22N4O2. The Bertz CT molecular complexity index is 486. The third-order valence-corrected chi connectivity index (χ3v) is 4.48. The van der Waals surface area contributed by atoms with Crippen LogP contribution in [0.15, 0.2) is 18.6 Å². The Balaban J connectivity index is 1.53. The monoisotopic (exact) mass is 290 g/mol. The van der Waals surface area contributed by atoms with Crippen LogP contribution in [0.5, 0.6) is 0 Å². The SMILES string of the molecule is CC(=O)NC[C@H]1CCC2(CCN(c3ccncn3)CC2)O1. The Morgan fingerprint density at radius 1 is 1.48 bits per heavy atom. The zero-order valence-corrected chi connectivity index (χ0v) is 12.4.